The molecule has 2 rings (SSSR count). The molecule has 0 spiro atoms. The number of hydrogen-bond acceptors (Lipinski definition) is 3. The molecule has 0 unspecified atom stereocenters. The van der Waals surface area contributed by atoms with Crippen molar-refractivity contribution in [2.75, 3.05) is 6.54 Å². The van der Waals surface area contributed by atoms with Crippen LogP contribution in [-0.2, 0) is 6.42 Å². The fourth-order valence-corrected chi connectivity index (χ4v) is 1.89. The summed E-state index contributed by atoms with van der Waals surface area (Å²) < 4.78 is 6.83. The highest BCUT2D eigenvalue weighted by molar-refractivity contribution is 5.74. The van der Waals surface area contributed by atoms with Gasteiger partial charge in [0.1, 0.15) is 0 Å². The third kappa shape index (κ3) is 1.76. The summed E-state index contributed by atoms with van der Waals surface area (Å²) in [5.41, 5.74) is 8.14. The van der Waals surface area contributed by atoms with Crippen molar-refractivity contribution in [2.45, 2.75) is 26.3 Å². The van der Waals surface area contributed by atoms with E-state index in [1.165, 1.54) is 0 Å². The van der Waals surface area contributed by atoms with Crippen molar-refractivity contribution in [3.63, 3.8) is 0 Å². The summed E-state index contributed by atoms with van der Waals surface area (Å²) in [5, 5.41) is 0. The molecule has 4 heteroatoms. The van der Waals surface area contributed by atoms with Gasteiger partial charge in [0.2, 0.25) is 0 Å². The Hall–Kier alpha value is -1.55. The molecule has 1 aromatic carbocycles. The molecule has 1 aromatic heterocycles. The molecule has 0 saturated heterocycles. The second-order valence-corrected chi connectivity index (χ2v) is 4.17. The monoisotopic (exact) mass is 220 g/mol. The van der Waals surface area contributed by atoms with Gasteiger partial charge in [-0.05, 0) is 44.5 Å². The van der Waals surface area contributed by atoms with Crippen LogP contribution >= 0.6 is 0 Å². The summed E-state index contributed by atoms with van der Waals surface area (Å²) in [6.45, 7) is 4.53. The third-order valence-corrected chi connectivity index (χ3v) is 2.63. The van der Waals surface area contributed by atoms with Crippen LogP contribution in [0.5, 0.6) is 0 Å². The van der Waals surface area contributed by atoms with Crippen molar-refractivity contribution in [3.8, 4) is 0 Å². The molecule has 0 aliphatic carbocycles. The number of rotatable bonds is 3. The van der Waals surface area contributed by atoms with E-state index in [1.807, 2.05) is 32.0 Å². The van der Waals surface area contributed by atoms with Crippen LogP contribution in [0.2, 0.25) is 0 Å². The van der Waals surface area contributed by atoms with Crippen molar-refractivity contribution in [1.82, 2.24) is 4.57 Å². The van der Waals surface area contributed by atoms with E-state index in [4.69, 9.17) is 10.2 Å². The minimum atomic E-state index is -0.296. The number of nitrogens with zero attached hydrogens (tertiary/aromatic N) is 1. The van der Waals surface area contributed by atoms with Gasteiger partial charge in [0.25, 0.3) is 0 Å². The van der Waals surface area contributed by atoms with Crippen LogP contribution in [0.15, 0.2) is 27.4 Å². The van der Waals surface area contributed by atoms with Gasteiger partial charge in [0.05, 0.1) is 5.52 Å². The smallest absolute Gasteiger partial charge is 0.408 e. The van der Waals surface area contributed by atoms with Gasteiger partial charge in [-0.25, -0.2) is 4.79 Å². The summed E-state index contributed by atoms with van der Waals surface area (Å²) in [4.78, 5) is 11.6. The van der Waals surface area contributed by atoms with E-state index in [1.54, 1.807) is 4.57 Å². The minimum absolute atomic E-state index is 0.0990. The number of hydrogen-bond donors (Lipinski definition) is 1. The van der Waals surface area contributed by atoms with Gasteiger partial charge in [0.15, 0.2) is 5.58 Å². The Kier molecular flexibility index (Phi) is 2.83. The second-order valence-electron chi connectivity index (χ2n) is 4.17. The van der Waals surface area contributed by atoms with E-state index in [9.17, 15) is 4.79 Å². The van der Waals surface area contributed by atoms with Crippen molar-refractivity contribution >= 4 is 11.1 Å². The number of fused-ring (bicyclic) bond motifs is 1. The zero-order chi connectivity index (χ0) is 11.7. The largest absolute Gasteiger partial charge is 0.420 e. The number of benzene rings is 1. The van der Waals surface area contributed by atoms with Crippen LogP contribution in [0.4, 0.5) is 0 Å². The van der Waals surface area contributed by atoms with E-state index < -0.39 is 0 Å². The molecule has 0 aliphatic heterocycles. The maximum absolute atomic E-state index is 11.6. The Morgan fingerprint density at radius 3 is 2.81 bits per heavy atom. The molecule has 0 aliphatic rings. The molecule has 1 heterocycles. The Labute approximate surface area is 93.7 Å². The molecule has 2 aromatic rings. The van der Waals surface area contributed by atoms with E-state index in [0.717, 1.165) is 17.5 Å². The molecule has 86 valence electrons. The van der Waals surface area contributed by atoms with Crippen LogP contribution in [0.1, 0.15) is 25.5 Å². The average Bonchev–Trinajstić information content (AvgIpc) is 2.53. The van der Waals surface area contributed by atoms with Crippen LogP contribution < -0.4 is 11.5 Å². The summed E-state index contributed by atoms with van der Waals surface area (Å²) in [5.74, 6) is -0.296. The predicted octanol–water partition coefficient (Wildman–Crippen LogP) is 1.68. The Morgan fingerprint density at radius 2 is 2.19 bits per heavy atom. The van der Waals surface area contributed by atoms with E-state index in [2.05, 4.69) is 0 Å². The first-order valence-corrected chi connectivity index (χ1v) is 5.47. The molecule has 0 atom stereocenters. The van der Waals surface area contributed by atoms with Crippen molar-refractivity contribution in [1.29, 1.82) is 0 Å². The maximum Gasteiger partial charge on any atom is 0.420 e. The molecule has 0 bridgehead atoms. The van der Waals surface area contributed by atoms with Gasteiger partial charge in [-0.15, -0.1) is 0 Å². The zero-order valence-corrected chi connectivity index (χ0v) is 9.56. The third-order valence-electron chi connectivity index (χ3n) is 2.63. The molecule has 0 amide bonds. The Morgan fingerprint density at radius 1 is 1.44 bits per heavy atom. The highest BCUT2D eigenvalue weighted by atomic mass is 16.4. The minimum Gasteiger partial charge on any atom is -0.408 e. The molecule has 4 nitrogen and oxygen atoms in total. The van der Waals surface area contributed by atoms with Crippen LogP contribution in [0.25, 0.3) is 11.1 Å². The van der Waals surface area contributed by atoms with Gasteiger partial charge in [-0.3, -0.25) is 4.57 Å². The van der Waals surface area contributed by atoms with Crippen molar-refractivity contribution < 1.29 is 4.42 Å². The lowest BCUT2D eigenvalue weighted by atomic mass is 10.1. The lowest BCUT2D eigenvalue weighted by Gasteiger charge is -2.06. The van der Waals surface area contributed by atoms with Gasteiger partial charge in [0, 0.05) is 6.04 Å². The number of aromatic nitrogens is 1. The van der Waals surface area contributed by atoms with Gasteiger partial charge in [-0.2, -0.15) is 0 Å². The normalized spacial score (nSPS) is 11.5. The van der Waals surface area contributed by atoms with Crippen molar-refractivity contribution in [2.24, 2.45) is 5.73 Å². The van der Waals surface area contributed by atoms with E-state index in [0.29, 0.717) is 12.1 Å². The van der Waals surface area contributed by atoms with Gasteiger partial charge < -0.3 is 10.2 Å². The van der Waals surface area contributed by atoms with E-state index in [-0.39, 0.29) is 11.8 Å². The van der Waals surface area contributed by atoms with Crippen molar-refractivity contribution in [3.05, 3.63) is 34.3 Å². The fourth-order valence-electron chi connectivity index (χ4n) is 1.89. The fraction of sp³-hybridized carbons (Fsp3) is 0.417. The van der Waals surface area contributed by atoms with Crippen LogP contribution in [0.3, 0.4) is 0 Å². The summed E-state index contributed by atoms with van der Waals surface area (Å²) >= 11 is 0. The first-order chi connectivity index (χ1) is 7.63. The van der Waals surface area contributed by atoms with Crippen LogP contribution in [0, 0.1) is 0 Å². The van der Waals surface area contributed by atoms with Gasteiger partial charge in [-0.1, -0.05) is 6.07 Å². The quantitative estimate of drug-likeness (QED) is 0.856. The molecular formula is C12H16N2O2. The molecule has 0 fully saturated rings. The lowest BCUT2D eigenvalue weighted by Crippen LogP contribution is -2.16. The predicted molar refractivity (Wildman–Crippen MR) is 63.6 cm³/mol. The number of nitrogens with two attached hydrogens (primary N) is 1. The average molecular weight is 220 g/mol. The second kappa shape index (κ2) is 4.14. The topological polar surface area (TPSA) is 61.2 Å². The molecule has 16 heavy (non-hydrogen) atoms. The first-order valence-electron chi connectivity index (χ1n) is 5.47. The maximum atomic E-state index is 11.6. The summed E-state index contributed by atoms with van der Waals surface area (Å²) in [6, 6.07) is 5.86. The summed E-state index contributed by atoms with van der Waals surface area (Å²) in [7, 11) is 0. The van der Waals surface area contributed by atoms with E-state index >= 15 is 0 Å². The van der Waals surface area contributed by atoms with Gasteiger partial charge >= 0.3 is 5.76 Å². The summed E-state index contributed by atoms with van der Waals surface area (Å²) in [6.07, 6.45) is 0.813. The Bertz CT molecular complexity index is 552. The number of oxazole rings is 1. The first kappa shape index (κ1) is 11.0. The Balaban J connectivity index is 2.65. The molecule has 0 radical (unpaired) electrons. The molecular weight excluding hydrogens is 204 g/mol. The van der Waals surface area contributed by atoms with Crippen LogP contribution in [-0.4, -0.2) is 11.1 Å². The molecule has 2 N–H and O–H groups in total. The lowest BCUT2D eigenvalue weighted by molar-refractivity contribution is 0.478. The molecule has 0 saturated carbocycles. The zero-order valence-electron chi connectivity index (χ0n) is 9.56. The standard InChI is InChI=1S/C12H16N2O2/c1-8(2)14-10-7-9(5-6-13)3-4-11(10)16-12(14)15/h3-4,7-8H,5-6,13H2,1-2H3. The SMILES string of the molecule is CC(C)n1c(=O)oc2ccc(CCN)cc21. The highest BCUT2D eigenvalue weighted by Crippen LogP contribution is 2.18. The highest BCUT2D eigenvalue weighted by Gasteiger charge is 2.11.